The molecule has 1 aliphatic carbocycles. The van der Waals surface area contributed by atoms with Gasteiger partial charge in [-0.3, -0.25) is 4.79 Å². The molecule has 3 heteroatoms. The Bertz CT molecular complexity index is 620. The highest BCUT2D eigenvalue weighted by molar-refractivity contribution is 9.10. The Kier molecular flexibility index (Phi) is 3.62. The van der Waals surface area contributed by atoms with E-state index in [9.17, 15) is 4.79 Å². The third-order valence-corrected chi connectivity index (χ3v) is 4.35. The van der Waals surface area contributed by atoms with E-state index in [2.05, 4.69) is 27.3 Å². The van der Waals surface area contributed by atoms with E-state index in [4.69, 9.17) is 0 Å². The van der Waals surface area contributed by atoms with Crippen LogP contribution in [0.2, 0.25) is 0 Å². The van der Waals surface area contributed by atoms with Gasteiger partial charge in [0.15, 0.2) is 0 Å². The van der Waals surface area contributed by atoms with Gasteiger partial charge in [0.1, 0.15) is 0 Å². The van der Waals surface area contributed by atoms with Crippen molar-refractivity contribution in [3.63, 3.8) is 0 Å². The first-order valence-electron chi connectivity index (χ1n) is 6.79. The van der Waals surface area contributed by atoms with Crippen molar-refractivity contribution in [2.45, 2.75) is 24.8 Å². The molecule has 1 aliphatic rings. The van der Waals surface area contributed by atoms with Crippen LogP contribution in [-0.4, -0.2) is 5.91 Å². The molecule has 0 heterocycles. The van der Waals surface area contributed by atoms with Crippen LogP contribution in [0.5, 0.6) is 0 Å². The lowest BCUT2D eigenvalue weighted by Crippen LogP contribution is -2.34. The lowest BCUT2D eigenvalue weighted by molar-refractivity contribution is -0.123. The van der Waals surface area contributed by atoms with Gasteiger partial charge in [-0.1, -0.05) is 58.4 Å². The molecule has 2 nitrogen and oxygen atoms in total. The molecule has 1 amide bonds. The summed E-state index contributed by atoms with van der Waals surface area (Å²) in [5, 5.41) is 3.07. The maximum absolute atomic E-state index is 12.5. The van der Waals surface area contributed by atoms with Crippen LogP contribution in [0.25, 0.3) is 0 Å². The van der Waals surface area contributed by atoms with Gasteiger partial charge in [0, 0.05) is 11.0 Å². The summed E-state index contributed by atoms with van der Waals surface area (Å²) in [5.74, 6) is 0.138. The molecule has 0 bridgehead atoms. The van der Waals surface area contributed by atoms with Crippen LogP contribution in [0.3, 0.4) is 0 Å². The number of hydrogen-bond donors (Lipinski definition) is 1. The zero-order valence-corrected chi connectivity index (χ0v) is 12.7. The molecule has 2 aromatic carbocycles. The first-order valence-corrected chi connectivity index (χ1v) is 7.58. The third-order valence-electron chi connectivity index (χ3n) is 3.86. The maximum Gasteiger partial charge on any atom is 0.230 e. The van der Waals surface area contributed by atoms with Gasteiger partial charge in [-0.15, -0.1) is 0 Å². The van der Waals surface area contributed by atoms with E-state index in [1.165, 1.54) is 0 Å². The third kappa shape index (κ3) is 2.63. The Morgan fingerprint density at radius 2 is 1.85 bits per heavy atom. The van der Waals surface area contributed by atoms with Gasteiger partial charge in [-0.05, 0) is 36.1 Å². The molecule has 102 valence electrons. The highest BCUT2D eigenvalue weighted by atomic mass is 79.9. The SMILES string of the molecule is O=C(NCc1ccccc1)C1(c2cccc(Br)c2)CC1. The summed E-state index contributed by atoms with van der Waals surface area (Å²) in [7, 11) is 0. The molecule has 0 saturated heterocycles. The van der Waals surface area contributed by atoms with E-state index >= 15 is 0 Å². The van der Waals surface area contributed by atoms with E-state index in [-0.39, 0.29) is 11.3 Å². The summed E-state index contributed by atoms with van der Waals surface area (Å²) in [6, 6.07) is 18.1. The Morgan fingerprint density at radius 3 is 2.50 bits per heavy atom. The van der Waals surface area contributed by atoms with Crippen LogP contribution in [0.1, 0.15) is 24.0 Å². The van der Waals surface area contributed by atoms with Crippen molar-refractivity contribution < 1.29 is 4.79 Å². The molecule has 0 atom stereocenters. The summed E-state index contributed by atoms with van der Waals surface area (Å²) >= 11 is 3.48. The van der Waals surface area contributed by atoms with Gasteiger partial charge in [0.05, 0.1) is 5.41 Å². The fraction of sp³-hybridized carbons (Fsp3) is 0.235. The minimum absolute atomic E-state index is 0.138. The maximum atomic E-state index is 12.5. The van der Waals surface area contributed by atoms with E-state index in [0.29, 0.717) is 6.54 Å². The summed E-state index contributed by atoms with van der Waals surface area (Å²) < 4.78 is 1.03. The minimum Gasteiger partial charge on any atom is -0.351 e. The van der Waals surface area contributed by atoms with Gasteiger partial charge in [-0.2, -0.15) is 0 Å². The molecule has 0 aromatic heterocycles. The molecule has 0 unspecified atom stereocenters. The zero-order chi connectivity index (χ0) is 14.0. The lowest BCUT2D eigenvalue weighted by atomic mass is 9.95. The molecule has 1 N–H and O–H groups in total. The number of hydrogen-bond acceptors (Lipinski definition) is 1. The van der Waals surface area contributed by atoms with Gasteiger partial charge in [-0.25, -0.2) is 0 Å². The van der Waals surface area contributed by atoms with E-state index in [0.717, 1.165) is 28.4 Å². The van der Waals surface area contributed by atoms with Crippen molar-refractivity contribution in [3.8, 4) is 0 Å². The van der Waals surface area contributed by atoms with Crippen LogP contribution in [0.4, 0.5) is 0 Å². The highest BCUT2D eigenvalue weighted by Crippen LogP contribution is 2.48. The highest BCUT2D eigenvalue weighted by Gasteiger charge is 2.51. The second-order valence-corrected chi connectivity index (χ2v) is 6.18. The largest absolute Gasteiger partial charge is 0.351 e. The first-order chi connectivity index (χ1) is 9.71. The predicted molar refractivity (Wildman–Crippen MR) is 83.3 cm³/mol. The fourth-order valence-corrected chi connectivity index (χ4v) is 2.90. The van der Waals surface area contributed by atoms with Crippen LogP contribution >= 0.6 is 15.9 Å². The fourth-order valence-electron chi connectivity index (χ4n) is 2.51. The average Bonchev–Trinajstić information content (AvgIpc) is 3.28. The summed E-state index contributed by atoms with van der Waals surface area (Å²) in [6.07, 6.45) is 1.87. The van der Waals surface area contributed by atoms with Gasteiger partial charge in [0.2, 0.25) is 5.91 Å². The molecular weight excluding hydrogens is 314 g/mol. The molecular formula is C17H16BrNO. The van der Waals surface area contributed by atoms with E-state index in [1.54, 1.807) is 0 Å². The van der Waals surface area contributed by atoms with Gasteiger partial charge < -0.3 is 5.32 Å². The second-order valence-electron chi connectivity index (χ2n) is 5.26. The smallest absolute Gasteiger partial charge is 0.230 e. The number of amides is 1. The predicted octanol–water partition coefficient (Wildman–Crippen LogP) is 3.80. The Balaban J connectivity index is 1.71. The second kappa shape index (κ2) is 5.41. The number of benzene rings is 2. The standard InChI is InChI=1S/C17H16BrNO/c18-15-8-4-7-14(11-15)17(9-10-17)16(20)19-12-13-5-2-1-3-6-13/h1-8,11H,9-10,12H2,(H,19,20). The van der Waals surface area contributed by atoms with Crippen LogP contribution < -0.4 is 5.32 Å². The van der Waals surface area contributed by atoms with Gasteiger partial charge in [0.25, 0.3) is 0 Å². The number of rotatable bonds is 4. The molecule has 0 aliphatic heterocycles. The summed E-state index contributed by atoms with van der Waals surface area (Å²) in [5.41, 5.74) is 1.93. The van der Waals surface area contributed by atoms with Crippen LogP contribution in [-0.2, 0) is 16.8 Å². The molecule has 0 spiro atoms. The molecule has 3 rings (SSSR count). The minimum atomic E-state index is -0.307. The zero-order valence-electron chi connectivity index (χ0n) is 11.1. The molecule has 0 radical (unpaired) electrons. The van der Waals surface area contributed by atoms with Crippen LogP contribution in [0.15, 0.2) is 59.1 Å². The molecule has 1 fully saturated rings. The summed E-state index contributed by atoms with van der Waals surface area (Å²) in [4.78, 5) is 12.5. The number of carbonyl (C=O) groups excluding carboxylic acids is 1. The average molecular weight is 330 g/mol. The molecule has 20 heavy (non-hydrogen) atoms. The van der Waals surface area contributed by atoms with Crippen molar-refractivity contribution in [2.24, 2.45) is 0 Å². The van der Waals surface area contributed by atoms with Crippen molar-refractivity contribution >= 4 is 21.8 Å². The number of carbonyl (C=O) groups is 1. The quantitative estimate of drug-likeness (QED) is 0.908. The van der Waals surface area contributed by atoms with Crippen molar-refractivity contribution in [3.05, 3.63) is 70.2 Å². The Hall–Kier alpha value is -1.61. The van der Waals surface area contributed by atoms with Crippen molar-refractivity contribution in [1.29, 1.82) is 0 Å². The van der Waals surface area contributed by atoms with Gasteiger partial charge >= 0.3 is 0 Å². The topological polar surface area (TPSA) is 29.1 Å². The van der Waals surface area contributed by atoms with Crippen molar-refractivity contribution in [2.75, 3.05) is 0 Å². The molecule has 2 aromatic rings. The Labute approximate surface area is 127 Å². The van der Waals surface area contributed by atoms with Crippen molar-refractivity contribution in [1.82, 2.24) is 5.32 Å². The summed E-state index contributed by atoms with van der Waals surface area (Å²) in [6.45, 7) is 0.593. The first kappa shape index (κ1) is 13.4. The lowest BCUT2D eigenvalue weighted by Gasteiger charge is -2.16. The molecule has 1 saturated carbocycles. The number of halogens is 1. The number of nitrogens with one attached hydrogen (secondary N) is 1. The monoisotopic (exact) mass is 329 g/mol. The van der Waals surface area contributed by atoms with E-state index in [1.807, 2.05) is 48.5 Å². The van der Waals surface area contributed by atoms with E-state index < -0.39 is 0 Å². The normalized spacial score (nSPS) is 15.7. The Morgan fingerprint density at radius 1 is 1.10 bits per heavy atom. The van der Waals surface area contributed by atoms with Crippen LogP contribution in [0, 0.1) is 0 Å².